The van der Waals surface area contributed by atoms with Crippen molar-refractivity contribution in [2.24, 2.45) is 0 Å². The summed E-state index contributed by atoms with van der Waals surface area (Å²) < 4.78 is 4.32. The van der Waals surface area contributed by atoms with Crippen LogP contribution in [0.4, 0.5) is 0 Å². The Balaban J connectivity index is 2.11. The van der Waals surface area contributed by atoms with Gasteiger partial charge in [-0.3, -0.25) is 0 Å². The maximum Gasteiger partial charge on any atom is 0.252 e. The van der Waals surface area contributed by atoms with E-state index < -0.39 is 4.33 Å². The Kier molecular flexibility index (Phi) is 5.07. The quantitative estimate of drug-likeness (QED) is 0.691. The Bertz CT molecular complexity index is 615. The van der Waals surface area contributed by atoms with E-state index >= 15 is 0 Å². The number of halogens is 2. The van der Waals surface area contributed by atoms with Crippen LogP contribution in [-0.2, 0) is 4.33 Å². The van der Waals surface area contributed by atoms with Gasteiger partial charge in [-0.05, 0) is 29.5 Å². The topological polar surface area (TPSA) is 38.9 Å². The normalized spacial score (nSPS) is 12.5. The second kappa shape index (κ2) is 6.63. The third-order valence-corrected chi connectivity index (χ3v) is 4.08. The standard InChI is InChI=1S/C16H18Cl2N2O/c1-4-16(17,18)15-20-19-14(21-15)10-7-12-5-8-13(9-6-12)11(2)3/h5-11H,4H2,1-3H3/b10-7+. The number of aromatic nitrogens is 2. The van der Waals surface area contributed by atoms with Crippen LogP contribution < -0.4 is 0 Å². The molecule has 0 radical (unpaired) electrons. The molecule has 0 atom stereocenters. The zero-order chi connectivity index (χ0) is 15.5. The molecule has 21 heavy (non-hydrogen) atoms. The van der Waals surface area contributed by atoms with E-state index in [2.05, 4.69) is 48.3 Å². The van der Waals surface area contributed by atoms with E-state index in [1.165, 1.54) is 5.56 Å². The van der Waals surface area contributed by atoms with Gasteiger partial charge in [0.25, 0.3) is 5.89 Å². The largest absolute Gasteiger partial charge is 0.418 e. The van der Waals surface area contributed by atoms with Crippen LogP contribution in [0.1, 0.15) is 56.0 Å². The summed E-state index contributed by atoms with van der Waals surface area (Å²) in [5.41, 5.74) is 2.38. The molecule has 1 heterocycles. The second-order valence-corrected chi connectivity index (χ2v) is 6.64. The van der Waals surface area contributed by atoms with Gasteiger partial charge >= 0.3 is 0 Å². The first kappa shape index (κ1) is 16.1. The summed E-state index contributed by atoms with van der Waals surface area (Å²) in [6, 6.07) is 8.34. The number of nitrogens with zero attached hydrogens (tertiary/aromatic N) is 2. The molecule has 0 N–H and O–H groups in total. The summed E-state index contributed by atoms with van der Waals surface area (Å²) in [6.45, 7) is 6.20. The fraction of sp³-hybridized carbons (Fsp3) is 0.375. The van der Waals surface area contributed by atoms with Gasteiger partial charge in [0.05, 0.1) is 0 Å². The molecule has 1 aromatic carbocycles. The van der Waals surface area contributed by atoms with Crippen LogP contribution in [0.5, 0.6) is 0 Å². The van der Waals surface area contributed by atoms with Crippen molar-refractivity contribution < 1.29 is 4.42 Å². The van der Waals surface area contributed by atoms with Crippen molar-refractivity contribution in [3.63, 3.8) is 0 Å². The second-order valence-electron chi connectivity index (χ2n) is 5.16. The van der Waals surface area contributed by atoms with Gasteiger partial charge in [0.2, 0.25) is 5.89 Å². The van der Waals surface area contributed by atoms with Gasteiger partial charge < -0.3 is 4.42 Å². The lowest BCUT2D eigenvalue weighted by molar-refractivity contribution is 0.459. The van der Waals surface area contributed by atoms with Gasteiger partial charge in [0.1, 0.15) is 0 Å². The molecular weight excluding hydrogens is 307 g/mol. The maximum atomic E-state index is 6.07. The minimum absolute atomic E-state index is 0.225. The highest BCUT2D eigenvalue weighted by Gasteiger charge is 2.30. The zero-order valence-corrected chi connectivity index (χ0v) is 13.8. The molecule has 3 nitrogen and oxygen atoms in total. The van der Waals surface area contributed by atoms with E-state index in [9.17, 15) is 0 Å². The lowest BCUT2D eigenvalue weighted by atomic mass is 10.0. The van der Waals surface area contributed by atoms with Crippen molar-refractivity contribution in [3.8, 4) is 0 Å². The predicted octanol–water partition coefficient (Wildman–Crippen LogP) is 5.40. The van der Waals surface area contributed by atoms with Gasteiger partial charge in [-0.2, -0.15) is 0 Å². The molecule has 0 unspecified atom stereocenters. The SMILES string of the molecule is CCC(Cl)(Cl)c1nnc(/C=C/c2ccc(C(C)C)cc2)o1. The van der Waals surface area contributed by atoms with Crippen LogP contribution in [0.3, 0.4) is 0 Å². The van der Waals surface area contributed by atoms with Gasteiger partial charge in [-0.1, -0.05) is 68.2 Å². The lowest BCUT2D eigenvalue weighted by Crippen LogP contribution is -2.08. The summed E-state index contributed by atoms with van der Waals surface area (Å²) >= 11 is 12.1. The van der Waals surface area contributed by atoms with Gasteiger partial charge in [-0.15, -0.1) is 10.2 Å². The first-order valence-electron chi connectivity index (χ1n) is 6.92. The number of rotatable bonds is 5. The summed E-state index contributed by atoms with van der Waals surface area (Å²) in [5.74, 6) is 1.14. The fourth-order valence-electron chi connectivity index (χ4n) is 1.76. The number of hydrogen-bond donors (Lipinski definition) is 0. The molecule has 0 aliphatic rings. The van der Waals surface area contributed by atoms with Crippen LogP contribution in [-0.4, -0.2) is 10.2 Å². The van der Waals surface area contributed by atoms with Crippen molar-refractivity contribution in [2.45, 2.75) is 37.4 Å². The Labute approximate surface area is 135 Å². The van der Waals surface area contributed by atoms with Crippen molar-refractivity contribution in [1.82, 2.24) is 10.2 Å². The number of alkyl halides is 2. The van der Waals surface area contributed by atoms with E-state index in [0.717, 1.165) is 5.56 Å². The maximum absolute atomic E-state index is 6.07. The van der Waals surface area contributed by atoms with Crippen molar-refractivity contribution >= 4 is 35.4 Å². The predicted molar refractivity (Wildman–Crippen MR) is 87.4 cm³/mol. The Morgan fingerprint density at radius 1 is 1.14 bits per heavy atom. The average Bonchev–Trinajstić information content (AvgIpc) is 2.95. The van der Waals surface area contributed by atoms with Gasteiger partial charge in [0.15, 0.2) is 4.33 Å². The summed E-state index contributed by atoms with van der Waals surface area (Å²) in [4.78, 5) is 0. The molecule has 2 aromatic rings. The molecule has 0 aliphatic carbocycles. The Morgan fingerprint density at radius 2 is 1.81 bits per heavy atom. The van der Waals surface area contributed by atoms with E-state index in [4.69, 9.17) is 27.6 Å². The summed E-state index contributed by atoms with van der Waals surface area (Å²) in [5, 5.41) is 7.80. The molecular formula is C16H18Cl2N2O. The van der Waals surface area contributed by atoms with Crippen LogP contribution in [0.2, 0.25) is 0 Å². The highest BCUT2D eigenvalue weighted by molar-refractivity contribution is 6.47. The molecule has 0 fully saturated rings. The van der Waals surface area contributed by atoms with Crippen LogP contribution in [0, 0.1) is 0 Å². The van der Waals surface area contributed by atoms with Crippen molar-refractivity contribution in [3.05, 3.63) is 47.2 Å². The smallest absolute Gasteiger partial charge is 0.252 e. The van der Waals surface area contributed by atoms with Crippen molar-refractivity contribution in [2.75, 3.05) is 0 Å². The molecule has 0 spiro atoms. The molecule has 0 aliphatic heterocycles. The first-order chi connectivity index (χ1) is 9.92. The highest BCUT2D eigenvalue weighted by Crippen LogP contribution is 2.36. The molecule has 5 heteroatoms. The van der Waals surface area contributed by atoms with Gasteiger partial charge in [-0.25, -0.2) is 0 Å². The summed E-state index contributed by atoms with van der Waals surface area (Å²) in [6.07, 6.45) is 4.16. The third-order valence-electron chi connectivity index (χ3n) is 3.22. The molecule has 0 saturated carbocycles. The van der Waals surface area contributed by atoms with Crippen molar-refractivity contribution in [1.29, 1.82) is 0 Å². The Morgan fingerprint density at radius 3 is 2.38 bits per heavy atom. The molecule has 0 amide bonds. The van der Waals surface area contributed by atoms with Crippen LogP contribution in [0.25, 0.3) is 12.2 Å². The molecule has 2 rings (SSSR count). The number of hydrogen-bond acceptors (Lipinski definition) is 3. The number of benzene rings is 1. The third kappa shape index (κ3) is 4.08. The zero-order valence-electron chi connectivity index (χ0n) is 12.3. The van der Waals surface area contributed by atoms with Crippen LogP contribution >= 0.6 is 23.2 Å². The lowest BCUT2D eigenvalue weighted by Gasteiger charge is -2.10. The van der Waals surface area contributed by atoms with Crippen LogP contribution in [0.15, 0.2) is 28.7 Å². The first-order valence-corrected chi connectivity index (χ1v) is 7.68. The minimum atomic E-state index is -1.13. The molecule has 1 aromatic heterocycles. The van der Waals surface area contributed by atoms with E-state index in [1.807, 2.05) is 13.0 Å². The monoisotopic (exact) mass is 324 g/mol. The molecule has 112 valence electrons. The Hall–Kier alpha value is -1.32. The average molecular weight is 325 g/mol. The van der Waals surface area contributed by atoms with E-state index in [-0.39, 0.29) is 5.89 Å². The summed E-state index contributed by atoms with van der Waals surface area (Å²) in [7, 11) is 0. The molecule has 0 bridgehead atoms. The van der Waals surface area contributed by atoms with E-state index in [1.54, 1.807) is 6.08 Å². The van der Waals surface area contributed by atoms with Gasteiger partial charge in [0, 0.05) is 6.08 Å². The molecule has 0 saturated heterocycles. The van der Waals surface area contributed by atoms with E-state index in [0.29, 0.717) is 18.2 Å². The highest BCUT2D eigenvalue weighted by atomic mass is 35.5. The fourth-order valence-corrected chi connectivity index (χ4v) is 1.91. The minimum Gasteiger partial charge on any atom is -0.418 e.